The lowest BCUT2D eigenvalue weighted by Gasteiger charge is -2.12. The first-order valence-electron chi connectivity index (χ1n) is 7.37. The topological polar surface area (TPSA) is 71.1 Å². The first-order chi connectivity index (χ1) is 10.5. The van der Waals surface area contributed by atoms with E-state index in [4.69, 9.17) is 4.74 Å². The number of rotatable bonds is 7. The highest BCUT2D eigenvalue weighted by Crippen LogP contribution is 2.26. The fraction of sp³-hybridized carbons (Fsp3) is 0.438. The van der Waals surface area contributed by atoms with Gasteiger partial charge in [-0.15, -0.1) is 0 Å². The molecule has 0 amide bonds. The van der Waals surface area contributed by atoms with Crippen molar-refractivity contribution in [3.63, 3.8) is 0 Å². The van der Waals surface area contributed by atoms with E-state index in [0.29, 0.717) is 29.0 Å². The van der Waals surface area contributed by atoms with E-state index in [9.17, 15) is 4.79 Å². The van der Waals surface area contributed by atoms with E-state index in [-0.39, 0.29) is 11.9 Å². The van der Waals surface area contributed by atoms with Crippen LogP contribution in [0.2, 0.25) is 0 Å². The zero-order valence-electron chi connectivity index (χ0n) is 13.5. The molecule has 1 unspecified atom stereocenters. The van der Waals surface area contributed by atoms with Crippen LogP contribution in [0.3, 0.4) is 0 Å². The van der Waals surface area contributed by atoms with Crippen LogP contribution in [0.25, 0.3) is 11.0 Å². The molecule has 0 saturated heterocycles. The molecule has 1 atom stereocenters. The molecule has 1 N–H and O–H groups in total. The molecule has 0 aliphatic carbocycles. The van der Waals surface area contributed by atoms with Crippen LogP contribution in [0.1, 0.15) is 30.6 Å². The number of aromatic nitrogens is 3. The van der Waals surface area contributed by atoms with E-state index in [2.05, 4.69) is 15.0 Å². The predicted octanol–water partition coefficient (Wildman–Crippen LogP) is 2.44. The van der Waals surface area contributed by atoms with Gasteiger partial charge in [-0.3, -0.25) is 4.79 Å². The van der Waals surface area contributed by atoms with Crippen LogP contribution in [0.4, 0.5) is 0 Å². The van der Waals surface area contributed by atoms with Crippen LogP contribution >= 0.6 is 0 Å². The summed E-state index contributed by atoms with van der Waals surface area (Å²) in [6.45, 7) is 4.72. The highest BCUT2D eigenvalue weighted by Gasteiger charge is 2.17. The van der Waals surface area contributed by atoms with Crippen LogP contribution in [-0.2, 0) is 0 Å². The number of nitrogens with one attached hydrogen (secondary N) is 1. The van der Waals surface area contributed by atoms with Gasteiger partial charge >= 0.3 is 0 Å². The molecule has 0 spiro atoms. The summed E-state index contributed by atoms with van der Waals surface area (Å²) in [5, 5.41) is 0.641. The lowest BCUT2D eigenvalue weighted by Crippen LogP contribution is -2.12. The normalized spacial score (nSPS) is 13.1. The Morgan fingerprint density at radius 2 is 2.23 bits per heavy atom. The second-order valence-electron chi connectivity index (χ2n) is 5.47. The fourth-order valence-electron chi connectivity index (χ4n) is 1.95. The number of hydrogen-bond acceptors (Lipinski definition) is 5. The predicted molar refractivity (Wildman–Crippen MR) is 86.3 cm³/mol. The summed E-state index contributed by atoms with van der Waals surface area (Å²) >= 11 is 0. The minimum Gasteiger partial charge on any atom is -0.474 e. The highest BCUT2D eigenvalue weighted by atomic mass is 16.5. The molecule has 0 bridgehead atoms. The molecule has 22 heavy (non-hydrogen) atoms. The van der Waals surface area contributed by atoms with Crippen molar-refractivity contribution < 1.29 is 9.53 Å². The summed E-state index contributed by atoms with van der Waals surface area (Å²) in [4.78, 5) is 25.7. The first kappa shape index (κ1) is 16.2. The maximum Gasteiger partial charge on any atom is 0.227 e. The third kappa shape index (κ3) is 3.71. The van der Waals surface area contributed by atoms with Gasteiger partial charge in [-0.1, -0.05) is 13.0 Å². The number of H-pyrrole nitrogens is 1. The average molecular weight is 302 g/mol. The zero-order chi connectivity index (χ0) is 16.1. The van der Waals surface area contributed by atoms with Crippen molar-refractivity contribution in [2.45, 2.75) is 26.4 Å². The van der Waals surface area contributed by atoms with Gasteiger partial charge in [-0.05, 0) is 33.5 Å². The number of carbonyl (C=O) groups excluding carboxylic acids is 1. The molecule has 2 aromatic rings. The molecule has 0 aromatic carbocycles. The molecule has 6 nitrogen and oxygen atoms in total. The summed E-state index contributed by atoms with van der Waals surface area (Å²) in [6.07, 6.45) is 7.39. The van der Waals surface area contributed by atoms with Crippen LogP contribution in [0.5, 0.6) is 5.88 Å². The Hall–Kier alpha value is -2.21. The van der Waals surface area contributed by atoms with Crippen molar-refractivity contribution in [1.29, 1.82) is 0 Å². The third-order valence-corrected chi connectivity index (χ3v) is 3.33. The van der Waals surface area contributed by atoms with Crippen LogP contribution in [0, 0.1) is 0 Å². The summed E-state index contributed by atoms with van der Waals surface area (Å²) in [7, 11) is 3.90. The van der Waals surface area contributed by atoms with E-state index in [1.807, 2.05) is 38.9 Å². The quantitative estimate of drug-likeness (QED) is 0.628. The maximum absolute atomic E-state index is 12.4. The van der Waals surface area contributed by atoms with Crippen molar-refractivity contribution >= 4 is 16.8 Å². The van der Waals surface area contributed by atoms with Gasteiger partial charge in [0.15, 0.2) is 5.78 Å². The Morgan fingerprint density at radius 3 is 2.91 bits per heavy atom. The van der Waals surface area contributed by atoms with Crippen molar-refractivity contribution in [2.75, 3.05) is 20.6 Å². The van der Waals surface area contributed by atoms with Gasteiger partial charge in [0.2, 0.25) is 5.88 Å². The summed E-state index contributed by atoms with van der Waals surface area (Å²) in [5.74, 6) is 0.363. The van der Waals surface area contributed by atoms with Crippen molar-refractivity contribution in [1.82, 2.24) is 19.9 Å². The van der Waals surface area contributed by atoms with E-state index in [0.717, 1.165) is 6.42 Å². The van der Waals surface area contributed by atoms with E-state index in [1.165, 1.54) is 6.33 Å². The second kappa shape index (κ2) is 7.17. The van der Waals surface area contributed by atoms with Crippen molar-refractivity contribution in [2.24, 2.45) is 0 Å². The van der Waals surface area contributed by atoms with Crippen LogP contribution < -0.4 is 4.74 Å². The van der Waals surface area contributed by atoms with Crippen LogP contribution in [-0.4, -0.2) is 52.4 Å². The molecule has 0 aliphatic heterocycles. The van der Waals surface area contributed by atoms with Crippen molar-refractivity contribution in [3.8, 4) is 5.88 Å². The zero-order valence-corrected chi connectivity index (χ0v) is 13.5. The molecule has 6 heteroatoms. The number of aromatic amines is 1. The molecule has 0 fully saturated rings. The molecule has 0 saturated carbocycles. The van der Waals surface area contributed by atoms with Gasteiger partial charge in [0.25, 0.3) is 0 Å². The minimum atomic E-state index is -0.0862. The van der Waals surface area contributed by atoms with E-state index >= 15 is 0 Å². The number of nitrogens with zero attached hydrogens (tertiary/aromatic N) is 3. The van der Waals surface area contributed by atoms with Gasteiger partial charge in [0, 0.05) is 12.7 Å². The van der Waals surface area contributed by atoms with Gasteiger partial charge in [0.1, 0.15) is 12.0 Å². The maximum atomic E-state index is 12.4. The average Bonchev–Trinajstić information content (AvgIpc) is 2.91. The first-order valence-corrected chi connectivity index (χ1v) is 7.37. The summed E-state index contributed by atoms with van der Waals surface area (Å²) in [5.41, 5.74) is 1.14. The number of allylic oxidation sites excluding steroid dienone is 1. The number of ether oxygens (including phenoxy) is 1. The van der Waals surface area contributed by atoms with Crippen LogP contribution in [0.15, 0.2) is 24.7 Å². The summed E-state index contributed by atoms with van der Waals surface area (Å²) < 4.78 is 5.81. The Balaban J connectivity index is 2.34. The number of hydrogen-bond donors (Lipinski definition) is 1. The number of fused-ring (bicyclic) bond motifs is 1. The lowest BCUT2D eigenvalue weighted by molar-refractivity contribution is 0.104. The van der Waals surface area contributed by atoms with E-state index in [1.54, 1.807) is 12.3 Å². The molecule has 2 aromatic heterocycles. The smallest absolute Gasteiger partial charge is 0.227 e. The van der Waals surface area contributed by atoms with Gasteiger partial charge in [-0.2, -0.15) is 0 Å². The number of likely N-dealkylation sites (N-methyl/N-ethyl adjacent to an activating group) is 1. The Kier molecular flexibility index (Phi) is 5.27. The van der Waals surface area contributed by atoms with Gasteiger partial charge < -0.3 is 14.6 Å². The Labute approximate surface area is 130 Å². The standard InChI is InChI=1S/C16H22N4O2/c1-5-11(2)22-16-14-12(9-17-15(14)18-10-19-16)13(21)7-6-8-20(3)4/h6-7,9-11H,5,8H2,1-4H3,(H,17,18,19). The molecular formula is C16H22N4O2. The molecule has 2 rings (SSSR count). The largest absolute Gasteiger partial charge is 0.474 e. The second-order valence-corrected chi connectivity index (χ2v) is 5.47. The molecular weight excluding hydrogens is 280 g/mol. The monoisotopic (exact) mass is 302 g/mol. The third-order valence-electron chi connectivity index (χ3n) is 3.33. The highest BCUT2D eigenvalue weighted by molar-refractivity contribution is 6.13. The molecule has 2 heterocycles. The summed E-state index contributed by atoms with van der Waals surface area (Å²) in [6, 6.07) is 0. The molecule has 0 radical (unpaired) electrons. The molecule has 0 aliphatic rings. The lowest BCUT2D eigenvalue weighted by atomic mass is 10.1. The SMILES string of the molecule is CCC(C)Oc1ncnc2[nH]cc(C(=O)C=CCN(C)C)c12. The minimum absolute atomic E-state index is 0.0280. The van der Waals surface area contributed by atoms with Gasteiger partial charge in [0.05, 0.1) is 17.1 Å². The Bertz CT molecular complexity index is 676. The van der Waals surface area contributed by atoms with E-state index < -0.39 is 0 Å². The van der Waals surface area contributed by atoms with Crippen molar-refractivity contribution in [3.05, 3.63) is 30.2 Å². The number of ketones is 1. The number of carbonyl (C=O) groups is 1. The fourth-order valence-corrected chi connectivity index (χ4v) is 1.95. The Morgan fingerprint density at radius 1 is 1.45 bits per heavy atom. The molecule has 118 valence electrons. The van der Waals surface area contributed by atoms with Gasteiger partial charge in [-0.25, -0.2) is 9.97 Å².